The van der Waals surface area contributed by atoms with Gasteiger partial charge in [-0.3, -0.25) is 0 Å². The van der Waals surface area contributed by atoms with Crippen LogP contribution in [0.2, 0.25) is 0 Å². The fraction of sp³-hybridized carbons (Fsp3) is 0.636. The predicted octanol–water partition coefficient (Wildman–Crippen LogP) is 3.70. The van der Waals surface area contributed by atoms with E-state index in [2.05, 4.69) is 31.2 Å². The van der Waals surface area contributed by atoms with Crippen LogP contribution < -0.4 is 0 Å². The van der Waals surface area contributed by atoms with Gasteiger partial charge in [0.05, 0.1) is 0 Å². The van der Waals surface area contributed by atoms with Crippen LogP contribution in [0.1, 0.15) is 39.0 Å². The van der Waals surface area contributed by atoms with Crippen LogP contribution in [-0.4, -0.2) is 0 Å². The second-order valence-electron chi connectivity index (χ2n) is 3.23. The van der Waals surface area contributed by atoms with E-state index in [1.165, 1.54) is 32.1 Å². The lowest BCUT2D eigenvalue weighted by Crippen LogP contribution is -2.01. The molecule has 0 saturated carbocycles. The minimum Gasteiger partial charge on any atom is -0.0888 e. The van der Waals surface area contributed by atoms with E-state index in [1.54, 1.807) is 0 Å². The van der Waals surface area contributed by atoms with Gasteiger partial charge in [0, 0.05) is 0 Å². The molecule has 1 unspecified atom stereocenters. The normalized spacial score (nSPS) is 22.5. The van der Waals surface area contributed by atoms with Crippen LogP contribution in [-0.2, 0) is 0 Å². The van der Waals surface area contributed by atoms with Crippen molar-refractivity contribution in [2.24, 2.45) is 5.92 Å². The van der Waals surface area contributed by atoms with Gasteiger partial charge < -0.3 is 0 Å². The minimum atomic E-state index is 0.921. The Hall–Kier alpha value is -0.520. The zero-order valence-electron chi connectivity index (χ0n) is 7.42. The van der Waals surface area contributed by atoms with E-state index in [4.69, 9.17) is 0 Å². The summed E-state index contributed by atoms with van der Waals surface area (Å²) in [7, 11) is 0. The Labute approximate surface area is 70.0 Å². The number of allylic oxidation sites excluding steroid dienone is 4. The summed E-state index contributed by atoms with van der Waals surface area (Å²) in [6.45, 7) is 2.19. The first-order valence-corrected chi connectivity index (χ1v) is 4.75. The molecule has 0 heteroatoms. The van der Waals surface area contributed by atoms with Crippen molar-refractivity contribution in [3.63, 3.8) is 0 Å². The third-order valence-corrected chi connectivity index (χ3v) is 2.20. The maximum atomic E-state index is 2.34. The van der Waals surface area contributed by atoms with E-state index in [9.17, 15) is 0 Å². The molecule has 11 heavy (non-hydrogen) atoms. The molecule has 0 aliphatic heterocycles. The van der Waals surface area contributed by atoms with Gasteiger partial charge in [-0.1, -0.05) is 31.2 Å². The molecular weight excluding hydrogens is 132 g/mol. The van der Waals surface area contributed by atoms with Crippen molar-refractivity contribution in [2.45, 2.75) is 39.0 Å². The predicted molar refractivity (Wildman–Crippen MR) is 50.5 cm³/mol. The lowest BCUT2D eigenvalue weighted by molar-refractivity contribution is 0.535. The third-order valence-electron chi connectivity index (χ3n) is 2.20. The van der Waals surface area contributed by atoms with Crippen molar-refractivity contribution in [2.75, 3.05) is 0 Å². The van der Waals surface area contributed by atoms with Gasteiger partial charge >= 0.3 is 0 Å². The molecule has 0 aromatic heterocycles. The van der Waals surface area contributed by atoms with E-state index >= 15 is 0 Å². The first-order chi connectivity index (χ1) is 5.43. The zero-order valence-corrected chi connectivity index (χ0v) is 7.42. The van der Waals surface area contributed by atoms with E-state index < -0.39 is 0 Å². The highest BCUT2D eigenvalue weighted by Crippen LogP contribution is 2.22. The number of rotatable bonds is 5. The van der Waals surface area contributed by atoms with Gasteiger partial charge in [-0.05, 0) is 38.0 Å². The van der Waals surface area contributed by atoms with Crippen LogP contribution in [0.3, 0.4) is 0 Å². The van der Waals surface area contributed by atoms with E-state index in [-0.39, 0.29) is 0 Å². The molecule has 0 aromatic rings. The van der Waals surface area contributed by atoms with Gasteiger partial charge in [-0.25, -0.2) is 0 Å². The van der Waals surface area contributed by atoms with Gasteiger partial charge in [0.1, 0.15) is 0 Å². The molecule has 0 spiro atoms. The molecular formula is C11H18. The maximum absolute atomic E-state index is 2.34. The summed E-state index contributed by atoms with van der Waals surface area (Å²) >= 11 is 0. The van der Waals surface area contributed by atoms with Crippen LogP contribution in [0.5, 0.6) is 0 Å². The molecule has 62 valence electrons. The largest absolute Gasteiger partial charge is 0.0888 e. The van der Waals surface area contributed by atoms with E-state index in [1.807, 2.05) is 0 Å². The maximum Gasteiger partial charge on any atom is -0.0199 e. The van der Waals surface area contributed by atoms with Crippen LogP contribution in [0.4, 0.5) is 0 Å². The summed E-state index contributed by atoms with van der Waals surface area (Å²) in [6.07, 6.45) is 15.7. The molecule has 0 radical (unpaired) electrons. The summed E-state index contributed by atoms with van der Waals surface area (Å²) in [4.78, 5) is 0. The molecule has 0 nitrogen and oxygen atoms in total. The summed E-state index contributed by atoms with van der Waals surface area (Å²) in [5.41, 5.74) is 0. The molecule has 0 aromatic carbocycles. The molecule has 0 heterocycles. The van der Waals surface area contributed by atoms with E-state index in [0.29, 0.717) is 0 Å². The smallest absolute Gasteiger partial charge is 0.0199 e. The molecule has 0 amide bonds. The van der Waals surface area contributed by atoms with Crippen molar-refractivity contribution >= 4 is 0 Å². The van der Waals surface area contributed by atoms with Crippen LogP contribution in [0.25, 0.3) is 0 Å². The SMILES string of the molecule is CCC=CCCCC1C=CC1. The number of hydrogen-bond acceptors (Lipinski definition) is 0. The summed E-state index contributed by atoms with van der Waals surface area (Å²) in [5, 5.41) is 0. The van der Waals surface area contributed by atoms with Gasteiger partial charge in [0.2, 0.25) is 0 Å². The lowest BCUT2D eigenvalue weighted by atomic mass is 9.90. The molecule has 0 saturated heterocycles. The summed E-state index contributed by atoms with van der Waals surface area (Å²) < 4.78 is 0. The molecule has 1 aliphatic carbocycles. The molecule has 0 fully saturated rings. The standard InChI is InChI=1S/C11H18/c1-2-3-4-5-6-8-11-9-7-10-11/h3-4,7,9,11H,2,5-6,8,10H2,1H3. The number of hydrogen-bond donors (Lipinski definition) is 0. The fourth-order valence-corrected chi connectivity index (χ4v) is 1.33. The summed E-state index contributed by atoms with van der Waals surface area (Å²) in [6, 6.07) is 0. The number of unbranched alkanes of at least 4 members (excludes halogenated alkanes) is 1. The average Bonchev–Trinajstić information content (AvgIpc) is 1.93. The monoisotopic (exact) mass is 150 g/mol. The first kappa shape index (κ1) is 8.58. The van der Waals surface area contributed by atoms with Gasteiger partial charge in [0.25, 0.3) is 0 Å². The Bertz CT molecular complexity index is 142. The van der Waals surface area contributed by atoms with Gasteiger partial charge in [-0.2, -0.15) is 0 Å². The van der Waals surface area contributed by atoms with Crippen molar-refractivity contribution < 1.29 is 0 Å². The minimum absolute atomic E-state index is 0.921. The Kier molecular flexibility index (Phi) is 4.03. The summed E-state index contributed by atoms with van der Waals surface area (Å²) in [5.74, 6) is 0.921. The Morgan fingerprint density at radius 3 is 2.82 bits per heavy atom. The van der Waals surface area contributed by atoms with Crippen molar-refractivity contribution in [3.05, 3.63) is 24.3 Å². The van der Waals surface area contributed by atoms with Crippen LogP contribution in [0.15, 0.2) is 24.3 Å². The van der Waals surface area contributed by atoms with Gasteiger partial charge in [-0.15, -0.1) is 0 Å². The van der Waals surface area contributed by atoms with Crippen molar-refractivity contribution in [1.29, 1.82) is 0 Å². The van der Waals surface area contributed by atoms with E-state index in [0.717, 1.165) is 5.92 Å². The third kappa shape index (κ3) is 3.41. The quantitative estimate of drug-likeness (QED) is 0.414. The zero-order chi connectivity index (χ0) is 7.94. The topological polar surface area (TPSA) is 0 Å². The van der Waals surface area contributed by atoms with Crippen LogP contribution in [0, 0.1) is 5.92 Å². The Morgan fingerprint density at radius 1 is 1.45 bits per heavy atom. The first-order valence-electron chi connectivity index (χ1n) is 4.75. The highest BCUT2D eigenvalue weighted by Gasteiger charge is 2.07. The second-order valence-corrected chi connectivity index (χ2v) is 3.23. The van der Waals surface area contributed by atoms with Crippen molar-refractivity contribution in [1.82, 2.24) is 0 Å². The Balaban J connectivity index is 1.88. The molecule has 0 N–H and O–H groups in total. The van der Waals surface area contributed by atoms with Crippen molar-refractivity contribution in [3.8, 4) is 0 Å². The fourth-order valence-electron chi connectivity index (χ4n) is 1.33. The Morgan fingerprint density at radius 2 is 2.27 bits per heavy atom. The molecule has 1 rings (SSSR count). The lowest BCUT2D eigenvalue weighted by Gasteiger charge is -2.16. The molecule has 1 atom stereocenters. The molecule has 0 bridgehead atoms. The highest BCUT2D eigenvalue weighted by molar-refractivity contribution is 5.01. The highest BCUT2D eigenvalue weighted by atomic mass is 14.1. The second kappa shape index (κ2) is 5.17. The van der Waals surface area contributed by atoms with Gasteiger partial charge in [0.15, 0.2) is 0 Å². The molecule has 1 aliphatic rings. The average molecular weight is 150 g/mol. The van der Waals surface area contributed by atoms with Crippen LogP contribution >= 0.6 is 0 Å².